The zero-order valence-electron chi connectivity index (χ0n) is 24.9. The molecule has 234 valence electrons. The Labute approximate surface area is 277 Å². The Morgan fingerprint density at radius 2 is 1.82 bits per heavy atom. The second kappa shape index (κ2) is 13.8. The van der Waals surface area contributed by atoms with Crippen LogP contribution in [0, 0.1) is 11.8 Å². The van der Waals surface area contributed by atoms with Gasteiger partial charge in [-0.1, -0.05) is 89.1 Å². The van der Waals surface area contributed by atoms with Gasteiger partial charge in [0.2, 0.25) is 11.8 Å². The van der Waals surface area contributed by atoms with E-state index in [2.05, 4.69) is 29.1 Å². The molecule has 10 heteroatoms. The third kappa shape index (κ3) is 5.65. The standard InChI is InChI=1S/C34H39BrClN3O4S/c1-4-16-37(17-5-2)31(41)27-28-32(42)39(23(21-40)19-22-12-8-7-9-13-22)30(34(28)20-24(35)29(27)44-34)33(43)38(18-6-3)26-15-11-10-14-25(26)36/h4,6-15,23-24,27-30,40H,1,3,5,16-21H2,2H3/t23-,24?,27-,28+,29-,30?,34?/m1/s1. The van der Waals surface area contributed by atoms with Crippen LogP contribution < -0.4 is 4.90 Å². The van der Waals surface area contributed by atoms with E-state index in [1.54, 1.807) is 56.8 Å². The number of fused-ring (bicyclic) bond motifs is 1. The fourth-order valence-corrected chi connectivity index (χ4v) is 11.2. The second-order valence-electron chi connectivity index (χ2n) is 11.7. The number of thioether (sulfide) groups is 1. The number of halogens is 2. The Morgan fingerprint density at radius 1 is 1.14 bits per heavy atom. The van der Waals surface area contributed by atoms with Crippen molar-refractivity contribution in [1.82, 2.24) is 9.80 Å². The minimum atomic E-state index is -0.927. The van der Waals surface area contributed by atoms with Gasteiger partial charge in [0.05, 0.1) is 39.9 Å². The van der Waals surface area contributed by atoms with Crippen molar-refractivity contribution in [3.8, 4) is 0 Å². The Bertz CT molecular complexity index is 1410. The van der Waals surface area contributed by atoms with E-state index >= 15 is 0 Å². The first-order valence-electron chi connectivity index (χ1n) is 15.1. The largest absolute Gasteiger partial charge is 0.394 e. The third-order valence-electron chi connectivity index (χ3n) is 9.04. The summed E-state index contributed by atoms with van der Waals surface area (Å²) in [6.07, 6.45) is 5.03. The minimum Gasteiger partial charge on any atom is -0.394 e. The number of nitrogens with zero attached hydrogens (tertiary/aromatic N) is 3. The molecule has 3 heterocycles. The lowest BCUT2D eigenvalue weighted by Gasteiger charge is -2.40. The highest BCUT2D eigenvalue weighted by atomic mass is 79.9. The normalized spacial score (nSPS) is 27.6. The Hall–Kier alpha value is -2.59. The summed E-state index contributed by atoms with van der Waals surface area (Å²) in [6.45, 7) is 10.6. The number of carbonyl (C=O) groups excluding carboxylic acids is 3. The molecule has 44 heavy (non-hydrogen) atoms. The maximum absolute atomic E-state index is 15.0. The topological polar surface area (TPSA) is 81.2 Å². The lowest BCUT2D eigenvalue weighted by Crippen LogP contribution is -2.58. The molecule has 1 N–H and O–H groups in total. The Balaban J connectivity index is 1.64. The molecule has 0 saturated carbocycles. The minimum absolute atomic E-state index is 0.0668. The number of anilines is 1. The van der Waals surface area contributed by atoms with E-state index in [0.717, 1.165) is 12.0 Å². The average Bonchev–Trinajstić information content (AvgIpc) is 3.62. The van der Waals surface area contributed by atoms with Crippen molar-refractivity contribution in [3.63, 3.8) is 0 Å². The van der Waals surface area contributed by atoms with Crippen LogP contribution in [0.15, 0.2) is 79.9 Å². The molecule has 0 aliphatic carbocycles. The number of likely N-dealkylation sites (tertiary alicyclic amines) is 1. The number of hydrogen-bond donors (Lipinski definition) is 1. The first-order valence-corrected chi connectivity index (χ1v) is 17.3. The van der Waals surface area contributed by atoms with Crippen molar-refractivity contribution in [2.45, 2.75) is 53.1 Å². The lowest BCUT2D eigenvalue weighted by molar-refractivity contribution is -0.145. The summed E-state index contributed by atoms with van der Waals surface area (Å²) in [6, 6.07) is 15.2. The van der Waals surface area contributed by atoms with Gasteiger partial charge in [0.1, 0.15) is 6.04 Å². The van der Waals surface area contributed by atoms with E-state index in [1.807, 2.05) is 43.3 Å². The van der Waals surface area contributed by atoms with Crippen LogP contribution in [0.5, 0.6) is 0 Å². The molecule has 3 saturated heterocycles. The van der Waals surface area contributed by atoms with E-state index < -0.39 is 28.7 Å². The van der Waals surface area contributed by atoms with Gasteiger partial charge in [0.15, 0.2) is 0 Å². The average molecular weight is 701 g/mol. The molecule has 2 aromatic carbocycles. The molecule has 3 amide bonds. The number of carbonyl (C=O) groups is 3. The molecule has 2 aromatic rings. The van der Waals surface area contributed by atoms with Crippen molar-refractivity contribution in [1.29, 1.82) is 0 Å². The van der Waals surface area contributed by atoms with E-state index in [4.69, 9.17) is 11.6 Å². The number of alkyl halides is 1. The summed E-state index contributed by atoms with van der Waals surface area (Å²) in [5.41, 5.74) is 1.47. The molecular formula is C34H39BrClN3O4S. The summed E-state index contributed by atoms with van der Waals surface area (Å²) in [7, 11) is 0. The molecule has 0 aromatic heterocycles. The molecule has 3 fully saturated rings. The fourth-order valence-electron chi connectivity index (χ4n) is 7.34. The molecule has 3 aliphatic rings. The lowest BCUT2D eigenvalue weighted by atomic mass is 9.70. The first-order chi connectivity index (χ1) is 21.2. The third-order valence-corrected chi connectivity index (χ3v) is 12.6. The number of benzene rings is 2. The summed E-state index contributed by atoms with van der Waals surface area (Å²) in [5.74, 6) is -1.95. The number of aliphatic hydroxyl groups excluding tert-OH is 1. The van der Waals surface area contributed by atoms with Crippen molar-refractivity contribution in [3.05, 3.63) is 90.5 Å². The number of rotatable bonds is 13. The van der Waals surface area contributed by atoms with E-state index in [9.17, 15) is 19.5 Å². The van der Waals surface area contributed by atoms with Crippen LogP contribution in [0.1, 0.15) is 25.3 Å². The van der Waals surface area contributed by atoms with Crippen LogP contribution in [0.3, 0.4) is 0 Å². The summed E-state index contributed by atoms with van der Waals surface area (Å²) in [5, 5.41) is 11.0. The van der Waals surface area contributed by atoms with Gasteiger partial charge in [-0.2, -0.15) is 0 Å². The Kier molecular flexibility index (Phi) is 10.3. The van der Waals surface area contributed by atoms with Gasteiger partial charge in [0, 0.05) is 29.7 Å². The zero-order chi connectivity index (χ0) is 31.6. The maximum Gasteiger partial charge on any atom is 0.251 e. The van der Waals surface area contributed by atoms with Gasteiger partial charge in [0.25, 0.3) is 5.91 Å². The molecule has 1 spiro atoms. The molecule has 2 bridgehead atoms. The number of amides is 3. The smallest absolute Gasteiger partial charge is 0.251 e. The van der Waals surface area contributed by atoms with Crippen molar-refractivity contribution < 1.29 is 19.5 Å². The molecule has 7 nitrogen and oxygen atoms in total. The highest BCUT2D eigenvalue weighted by Gasteiger charge is 2.76. The van der Waals surface area contributed by atoms with Crippen molar-refractivity contribution >= 4 is 62.7 Å². The fraction of sp³-hybridized carbons (Fsp3) is 0.441. The van der Waals surface area contributed by atoms with Crippen LogP contribution >= 0.6 is 39.3 Å². The van der Waals surface area contributed by atoms with Crippen LogP contribution in [0.25, 0.3) is 0 Å². The monoisotopic (exact) mass is 699 g/mol. The Morgan fingerprint density at radius 3 is 2.45 bits per heavy atom. The van der Waals surface area contributed by atoms with Gasteiger partial charge in [-0.15, -0.1) is 24.9 Å². The highest BCUT2D eigenvalue weighted by molar-refractivity contribution is 9.09. The van der Waals surface area contributed by atoms with Crippen LogP contribution in [0.4, 0.5) is 5.69 Å². The zero-order valence-corrected chi connectivity index (χ0v) is 28.0. The number of para-hydroxylation sites is 1. The summed E-state index contributed by atoms with van der Waals surface area (Å²) >= 11 is 12.1. The SMILES string of the molecule is C=CCN(CCC)C(=O)[C@H]1[C@@H]2SC3(CC2Br)C(C(=O)N(CC=C)c2ccccc2Cl)N([C@@H](CO)Cc2ccccc2)C(=O)[C@H]13. The molecule has 3 unspecified atom stereocenters. The molecule has 5 rings (SSSR count). The number of aliphatic hydroxyl groups is 1. The van der Waals surface area contributed by atoms with E-state index in [-0.39, 0.29) is 41.0 Å². The first kappa shape index (κ1) is 32.8. The van der Waals surface area contributed by atoms with E-state index in [1.165, 1.54) is 0 Å². The molecular weight excluding hydrogens is 662 g/mol. The van der Waals surface area contributed by atoms with E-state index in [0.29, 0.717) is 36.6 Å². The van der Waals surface area contributed by atoms with Gasteiger partial charge in [-0.25, -0.2) is 0 Å². The molecule has 3 aliphatic heterocycles. The maximum atomic E-state index is 15.0. The van der Waals surface area contributed by atoms with Crippen molar-refractivity contribution in [2.24, 2.45) is 11.8 Å². The molecule has 0 radical (unpaired) electrons. The summed E-state index contributed by atoms with van der Waals surface area (Å²) in [4.78, 5) is 48.9. The van der Waals surface area contributed by atoms with Crippen LogP contribution in [-0.4, -0.2) is 85.8 Å². The van der Waals surface area contributed by atoms with Gasteiger partial charge in [-0.05, 0) is 37.0 Å². The van der Waals surface area contributed by atoms with Gasteiger partial charge < -0.3 is 19.8 Å². The molecule has 7 atom stereocenters. The van der Waals surface area contributed by atoms with Crippen molar-refractivity contribution in [2.75, 3.05) is 31.1 Å². The van der Waals surface area contributed by atoms with Gasteiger partial charge in [-0.3, -0.25) is 14.4 Å². The number of hydrogen-bond acceptors (Lipinski definition) is 5. The van der Waals surface area contributed by atoms with Gasteiger partial charge >= 0.3 is 0 Å². The quantitative estimate of drug-likeness (QED) is 0.225. The predicted molar refractivity (Wildman–Crippen MR) is 181 cm³/mol. The van der Waals surface area contributed by atoms with Crippen LogP contribution in [-0.2, 0) is 20.8 Å². The van der Waals surface area contributed by atoms with Crippen LogP contribution in [0.2, 0.25) is 5.02 Å². The summed E-state index contributed by atoms with van der Waals surface area (Å²) < 4.78 is -0.871. The predicted octanol–water partition coefficient (Wildman–Crippen LogP) is 5.35. The second-order valence-corrected chi connectivity index (χ2v) is 14.8. The highest BCUT2D eigenvalue weighted by Crippen LogP contribution is 2.68.